The van der Waals surface area contributed by atoms with Crippen molar-refractivity contribution >= 4 is 45.6 Å². The molecule has 0 bridgehead atoms. The van der Waals surface area contributed by atoms with Crippen molar-refractivity contribution in [2.24, 2.45) is 0 Å². The lowest BCUT2D eigenvalue weighted by molar-refractivity contribution is 0.375. The van der Waals surface area contributed by atoms with Gasteiger partial charge < -0.3 is 7.80 Å². The van der Waals surface area contributed by atoms with Gasteiger partial charge in [-0.1, -0.05) is 0 Å². The Hall–Kier alpha value is 0.440. The summed E-state index contributed by atoms with van der Waals surface area (Å²) < 4.78 is 11.4. The molecule has 0 saturated heterocycles. The average Bonchev–Trinajstić information content (AvgIpc) is 2.05. The predicted molar refractivity (Wildman–Crippen MR) is 64.5 cm³/mol. The predicted octanol–water partition coefficient (Wildman–Crippen LogP) is 3.17. The van der Waals surface area contributed by atoms with E-state index in [-0.39, 0.29) is 0 Å². The zero-order valence-corrected chi connectivity index (χ0v) is 10.8. The molecule has 1 rings (SSSR count). The highest BCUT2D eigenvalue weighted by Gasteiger charge is 2.02. The van der Waals surface area contributed by atoms with Crippen molar-refractivity contribution in [3.8, 4) is 5.75 Å². The Morgan fingerprint density at radius 3 is 2.75 bits per heavy atom. The molecule has 2 nitrogen and oxygen atoms in total. The van der Waals surface area contributed by atoms with Crippen molar-refractivity contribution in [2.45, 2.75) is 6.61 Å². The van der Waals surface area contributed by atoms with Gasteiger partial charge in [0.05, 0.1) is 13.7 Å². The summed E-state index contributed by atoms with van der Waals surface area (Å²) in [5, 5.41) is 0. The number of benzene rings is 1. The fraction of sp³-hybridized carbons (Fsp3) is 0.250. The summed E-state index contributed by atoms with van der Waals surface area (Å²) in [5.41, 5.74) is 1.08. The van der Waals surface area contributed by atoms with Crippen LogP contribution in [-0.4, -0.2) is 7.11 Å². The van der Waals surface area contributed by atoms with Crippen LogP contribution in [0.25, 0.3) is 0 Å². The number of ether oxygens (including phenoxy) is 1. The summed E-state index contributed by atoms with van der Waals surface area (Å²) >= 11 is 4.14. The van der Waals surface area contributed by atoms with Crippen LogP contribution in [0.15, 0.2) is 18.2 Å². The van der Waals surface area contributed by atoms with Gasteiger partial charge in [-0.2, -0.15) is 0 Å². The molecule has 12 heavy (non-hydrogen) atoms. The van der Waals surface area contributed by atoms with Gasteiger partial charge in [-0.15, -0.1) is 0 Å². The highest BCUT2D eigenvalue weighted by molar-refractivity contribution is 14.1. The van der Waals surface area contributed by atoms with Gasteiger partial charge in [0.1, 0.15) is 28.8 Å². The maximum Gasteiger partial charge on any atom is 0.124 e. The van der Waals surface area contributed by atoms with E-state index in [1.54, 1.807) is 7.11 Å². The Balaban J connectivity index is 2.95. The van der Waals surface area contributed by atoms with E-state index in [1.807, 2.05) is 35.1 Å². The Morgan fingerprint density at radius 2 is 2.17 bits per heavy atom. The molecule has 0 heterocycles. The number of hydrogen-bond donors (Lipinski definition) is 0. The molecule has 0 atom stereocenters. The Kier molecular flexibility index (Phi) is 4.59. The van der Waals surface area contributed by atoms with Gasteiger partial charge in [0.2, 0.25) is 0 Å². The first-order chi connectivity index (χ1) is 5.77. The zero-order valence-electron chi connectivity index (χ0n) is 6.51. The minimum atomic E-state index is 0.584. The maximum absolute atomic E-state index is 5.17. The van der Waals surface area contributed by atoms with Gasteiger partial charge in [-0.3, -0.25) is 0 Å². The highest BCUT2D eigenvalue weighted by Crippen LogP contribution is 2.22. The van der Waals surface area contributed by atoms with E-state index in [1.165, 1.54) is 3.57 Å². The minimum Gasteiger partial charge on any atom is -0.496 e. The lowest BCUT2D eigenvalue weighted by Crippen LogP contribution is -1.92. The second-order valence-electron chi connectivity index (χ2n) is 2.21. The van der Waals surface area contributed by atoms with Crippen molar-refractivity contribution < 1.29 is 7.80 Å². The van der Waals surface area contributed by atoms with Crippen molar-refractivity contribution in [3.63, 3.8) is 0 Å². The first-order valence-corrected chi connectivity index (χ1v) is 5.30. The van der Waals surface area contributed by atoms with Gasteiger partial charge in [0.15, 0.2) is 0 Å². The van der Waals surface area contributed by atoms with E-state index in [2.05, 4.69) is 28.7 Å². The van der Waals surface area contributed by atoms with Crippen LogP contribution in [0.3, 0.4) is 0 Å². The number of methoxy groups -OCH3 is 1. The van der Waals surface area contributed by atoms with Crippen LogP contribution < -0.4 is 4.74 Å². The van der Waals surface area contributed by atoms with Crippen molar-refractivity contribution in [1.29, 1.82) is 0 Å². The summed E-state index contributed by atoms with van der Waals surface area (Å²) in [6, 6.07) is 6.01. The van der Waals surface area contributed by atoms with Gasteiger partial charge in [0, 0.05) is 9.13 Å². The summed E-state index contributed by atoms with van der Waals surface area (Å²) in [7, 11) is 1.67. The van der Waals surface area contributed by atoms with Crippen LogP contribution >= 0.6 is 45.6 Å². The smallest absolute Gasteiger partial charge is 0.124 e. The molecular weight excluding hydrogens is 382 g/mol. The minimum absolute atomic E-state index is 0.584. The van der Waals surface area contributed by atoms with E-state index in [4.69, 9.17) is 7.80 Å². The van der Waals surface area contributed by atoms with Gasteiger partial charge in [-0.25, -0.2) is 0 Å². The molecule has 0 unspecified atom stereocenters. The third-order valence-corrected chi connectivity index (χ3v) is 2.43. The first-order valence-electron chi connectivity index (χ1n) is 3.34. The molecule has 0 N–H and O–H groups in total. The topological polar surface area (TPSA) is 18.5 Å². The Morgan fingerprint density at radius 1 is 1.42 bits per heavy atom. The Labute approximate surface area is 99.5 Å². The third kappa shape index (κ3) is 2.74. The highest BCUT2D eigenvalue weighted by atomic mass is 127. The fourth-order valence-corrected chi connectivity index (χ4v) is 1.81. The lowest BCUT2D eigenvalue weighted by atomic mass is 10.2. The normalized spacial score (nSPS) is 9.92. The van der Waals surface area contributed by atoms with E-state index >= 15 is 0 Å². The van der Waals surface area contributed by atoms with Gasteiger partial charge in [-0.05, 0) is 40.8 Å². The summed E-state index contributed by atoms with van der Waals surface area (Å²) in [5.74, 6) is 0.882. The van der Waals surface area contributed by atoms with Crippen LogP contribution in [-0.2, 0) is 9.67 Å². The lowest BCUT2D eigenvalue weighted by Gasteiger charge is -2.06. The van der Waals surface area contributed by atoms with Gasteiger partial charge in [0.25, 0.3) is 0 Å². The van der Waals surface area contributed by atoms with Crippen LogP contribution in [0, 0.1) is 3.57 Å². The van der Waals surface area contributed by atoms with Crippen molar-refractivity contribution in [3.05, 3.63) is 27.3 Å². The molecule has 0 saturated carbocycles. The maximum atomic E-state index is 5.17. The largest absolute Gasteiger partial charge is 0.496 e. The van der Waals surface area contributed by atoms with E-state index in [0.717, 1.165) is 11.3 Å². The molecule has 0 fully saturated rings. The molecule has 0 aliphatic rings. The number of rotatable bonds is 3. The van der Waals surface area contributed by atoms with Crippen LogP contribution in [0.4, 0.5) is 0 Å². The molecule has 0 aromatic heterocycles. The molecular formula is C8H8I2O2. The molecule has 0 aliphatic heterocycles. The monoisotopic (exact) mass is 390 g/mol. The van der Waals surface area contributed by atoms with Crippen LogP contribution in [0.5, 0.6) is 5.75 Å². The number of hydrogen-bond acceptors (Lipinski definition) is 2. The fourth-order valence-electron chi connectivity index (χ4n) is 0.919. The molecule has 0 aliphatic carbocycles. The molecule has 0 radical (unpaired) electrons. The summed E-state index contributed by atoms with van der Waals surface area (Å²) in [4.78, 5) is 0. The second kappa shape index (κ2) is 5.23. The summed E-state index contributed by atoms with van der Waals surface area (Å²) in [6.07, 6.45) is 0. The second-order valence-corrected chi connectivity index (χ2v) is 4.08. The molecule has 0 spiro atoms. The van der Waals surface area contributed by atoms with E-state index < -0.39 is 0 Å². The standard InChI is InChI=1S/C8H8I2O2/c1-11-8-3-2-7(9)4-6(8)5-12-10/h2-4H,5H2,1H3. The Bertz CT molecular complexity index is 263. The average molecular weight is 390 g/mol. The quantitative estimate of drug-likeness (QED) is 0.739. The van der Waals surface area contributed by atoms with Crippen molar-refractivity contribution in [1.82, 2.24) is 0 Å². The third-order valence-electron chi connectivity index (χ3n) is 1.45. The molecule has 0 amide bonds. The first kappa shape index (κ1) is 10.5. The van der Waals surface area contributed by atoms with Crippen LogP contribution in [0.1, 0.15) is 5.56 Å². The molecule has 4 heteroatoms. The van der Waals surface area contributed by atoms with Crippen LogP contribution in [0.2, 0.25) is 0 Å². The number of halogens is 2. The van der Waals surface area contributed by atoms with E-state index in [0.29, 0.717) is 6.61 Å². The SMILES string of the molecule is COc1ccc(I)cc1COI. The van der Waals surface area contributed by atoms with E-state index in [9.17, 15) is 0 Å². The molecule has 1 aromatic rings. The molecule has 66 valence electrons. The zero-order chi connectivity index (χ0) is 8.97. The summed E-state index contributed by atoms with van der Waals surface area (Å²) in [6.45, 7) is 0.584. The van der Waals surface area contributed by atoms with Crippen molar-refractivity contribution in [2.75, 3.05) is 7.11 Å². The van der Waals surface area contributed by atoms with Gasteiger partial charge >= 0.3 is 0 Å². The molecule has 1 aromatic carbocycles.